The fourth-order valence-corrected chi connectivity index (χ4v) is 7.90. The van der Waals surface area contributed by atoms with Crippen LogP contribution in [0.1, 0.15) is 97.0 Å². The van der Waals surface area contributed by atoms with Crippen molar-refractivity contribution in [3.8, 4) is 11.3 Å². The lowest BCUT2D eigenvalue weighted by Gasteiger charge is -2.29. The Hall–Kier alpha value is -4.80. The molecule has 10 nitrogen and oxygen atoms in total. The number of benzene rings is 2. The SMILES string of the molecule is O=C(O)C=Cc1ccc(NC(=O)C2(NC(=O)c3ccc4c(C5CCCCC5)c5n(c4c3)C[C@H](O)[C@H](O)c3ncccc3-5)CCCC2)cc1. The summed E-state index contributed by atoms with van der Waals surface area (Å²) in [5, 5.41) is 38.1. The van der Waals surface area contributed by atoms with Crippen LogP contribution in [0.4, 0.5) is 5.69 Å². The van der Waals surface area contributed by atoms with Crippen molar-refractivity contribution < 1.29 is 29.7 Å². The Balaban J connectivity index is 1.22. The van der Waals surface area contributed by atoms with Gasteiger partial charge >= 0.3 is 5.97 Å². The highest BCUT2D eigenvalue weighted by Gasteiger charge is 2.43. The van der Waals surface area contributed by atoms with E-state index in [0.29, 0.717) is 41.3 Å². The van der Waals surface area contributed by atoms with Crippen LogP contribution in [0.25, 0.3) is 28.2 Å². The first kappa shape index (κ1) is 31.8. The fraction of sp³-hybridized carbons (Fsp3) is 0.368. The van der Waals surface area contributed by atoms with Crippen LogP contribution in [-0.2, 0) is 16.1 Å². The van der Waals surface area contributed by atoms with Crippen molar-refractivity contribution in [1.82, 2.24) is 14.9 Å². The molecule has 2 aliphatic carbocycles. The number of aliphatic hydroxyl groups is 2. The van der Waals surface area contributed by atoms with Gasteiger partial charge in [0.05, 0.1) is 17.9 Å². The average molecular weight is 649 g/mol. The van der Waals surface area contributed by atoms with E-state index in [1.165, 1.54) is 18.1 Å². The smallest absolute Gasteiger partial charge is 0.328 e. The molecule has 4 aromatic rings. The molecule has 2 atom stereocenters. The monoisotopic (exact) mass is 648 g/mol. The topological polar surface area (TPSA) is 154 Å². The predicted molar refractivity (Wildman–Crippen MR) is 182 cm³/mol. The average Bonchev–Trinajstić information content (AvgIpc) is 3.68. The van der Waals surface area contributed by atoms with Gasteiger partial charge < -0.3 is 30.5 Å². The highest BCUT2D eigenvalue weighted by atomic mass is 16.4. The molecule has 0 saturated heterocycles. The number of aliphatic hydroxyl groups excluding tert-OH is 2. The van der Waals surface area contributed by atoms with Crippen molar-refractivity contribution in [1.29, 1.82) is 0 Å². The van der Waals surface area contributed by atoms with E-state index >= 15 is 0 Å². The molecule has 2 aromatic heterocycles. The number of aromatic nitrogens is 2. The van der Waals surface area contributed by atoms with Gasteiger partial charge in [-0.25, -0.2) is 4.79 Å². The quantitative estimate of drug-likeness (QED) is 0.156. The molecule has 48 heavy (non-hydrogen) atoms. The summed E-state index contributed by atoms with van der Waals surface area (Å²) in [5.74, 6) is -1.37. The van der Waals surface area contributed by atoms with E-state index in [9.17, 15) is 24.6 Å². The Labute approximate surface area is 278 Å². The Bertz CT molecular complexity index is 1900. The lowest BCUT2D eigenvalue weighted by Crippen LogP contribution is -2.55. The molecule has 2 aromatic carbocycles. The van der Waals surface area contributed by atoms with Crippen LogP contribution in [0.2, 0.25) is 0 Å². The van der Waals surface area contributed by atoms with Crippen molar-refractivity contribution >= 4 is 40.4 Å². The highest BCUT2D eigenvalue weighted by Crippen LogP contribution is 2.47. The summed E-state index contributed by atoms with van der Waals surface area (Å²) in [6, 6.07) is 16.3. The van der Waals surface area contributed by atoms with E-state index in [0.717, 1.165) is 66.8 Å². The number of hydrogen-bond acceptors (Lipinski definition) is 6. The van der Waals surface area contributed by atoms with E-state index in [-0.39, 0.29) is 18.4 Å². The standard InChI is InChI=1S/C38H40N4O6/c43-30-22-42-29-21-25(13-16-27(29)32(24-7-2-1-3-8-24)34(42)28-9-6-20-39-33(28)35(30)46)36(47)41-38(18-4-5-19-38)37(48)40-26-14-10-23(11-15-26)12-17-31(44)45/h6,9-17,20-21,24,30,35,43,46H,1-5,7-8,18-19,22H2,(H,40,48)(H,41,47)(H,44,45)/t30-,35-/m0/s1. The summed E-state index contributed by atoms with van der Waals surface area (Å²) in [6.45, 7) is 0.151. The summed E-state index contributed by atoms with van der Waals surface area (Å²) in [7, 11) is 0. The first-order chi connectivity index (χ1) is 23.2. The highest BCUT2D eigenvalue weighted by molar-refractivity contribution is 6.06. The molecule has 2 saturated carbocycles. The molecule has 5 N–H and O–H groups in total. The Morgan fingerprint density at radius 3 is 2.42 bits per heavy atom. The first-order valence-electron chi connectivity index (χ1n) is 16.9. The van der Waals surface area contributed by atoms with E-state index in [1.54, 1.807) is 30.5 Å². The maximum Gasteiger partial charge on any atom is 0.328 e. The van der Waals surface area contributed by atoms with Crippen LogP contribution in [0.3, 0.4) is 0 Å². The number of aliphatic carboxylic acids is 1. The minimum absolute atomic E-state index is 0.151. The number of rotatable bonds is 7. The number of carboxylic acids is 1. The third-order valence-electron chi connectivity index (χ3n) is 10.3. The van der Waals surface area contributed by atoms with Gasteiger partial charge in [0.15, 0.2) is 0 Å². The molecule has 0 radical (unpaired) electrons. The van der Waals surface area contributed by atoms with Crippen molar-refractivity contribution in [2.75, 3.05) is 5.32 Å². The van der Waals surface area contributed by atoms with Gasteiger partial charge in [0.25, 0.3) is 5.91 Å². The number of nitrogens with zero attached hydrogens (tertiary/aromatic N) is 2. The number of carboxylic acid groups (broad SMARTS) is 1. The van der Waals surface area contributed by atoms with E-state index in [1.807, 2.05) is 34.9 Å². The van der Waals surface area contributed by atoms with Gasteiger partial charge in [-0.3, -0.25) is 14.6 Å². The van der Waals surface area contributed by atoms with Crippen molar-refractivity contribution in [2.45, 2.75) is 88.0 Å². The zero-order valence-electron chi connectivity index (χ0n) is 26.7. The summed E-state index contributed by atoms with van der Waals surface area (Å²) in [6.07, 6.45) is 10.1. The van der Waals surface area contributed by atoms with Crippen LogP contribution in [-0.4, -0.2) is 54.3 Å². The molecule has 3 aliphatic rings. The van der Waals surface area contributed by atoms with Crippen LogP contribution >= 0.6 is 0 Å². The summed E-state index contributed by atoms with van der Waals surface area (Å²) < 4.78 is 2.05. The third-order valence-corrected chi connectivity index (χ3v) is 10.3. The van der Waals surface area contributed by atoms with Gasteiger partial charge in [-0.2, -0.15) is 0 Å². The molecule has 2 fully saturated rings. The second kappa shape index (κ2) is 13.0. The summed E-state index contributed by atoms with van der Waals surface area (Å²) in [5.41, 5.74) is 4.77. The van der Waals surface area contributed by atoms with Crippen molar-refractivity contribution in [3.63, 3.8) is 0 Å². The summed E-state index contributed by atoms with van der Waals surface area (Å²) in [4.78, 5) is 43.0. The van der Waals surface area contributed by atoms with E-state index in [4.69, 9.17) is 5.11 Å². The Morgan fingerprint density at radius 2 is 1.69 bits per heavy atom. The molecule has 0 unspecified atom stereocenters. The second-order valence-electron chi connectivity index (χ2n) is 13.4. The number of anilines is 1. The Morgan fingerprint density at radius 1 is 0.938 bits per heavy atom. The van der Waals surface area contributed by atoms with Gasteiger partial charge in [0.1, 0.15) is 17.7 Å². The zero-order valence-corrected chi connectivity index (χ0v) is 26.7. The number of amides is 2. The van der Waals surface area contributed by atoms with Gasteiger partial charge in [-0.1, -0.05) is 50.3 Å². The zero-order chi connectivity index (χ0) is 33.4. The number of carbonyl (C=O) groups is 3. The van der Waals surface area contributed by atoms with Crippen LogP contribution in [0.5, 0.6) is 0 Å². The summed E-state index contributed by atoms with van der Waals surface area (Å²) >= 11 is 0. The van der Waals surface area contributed by atoms with Gasteiger partial charge in [-0.05, 0) is 85.2 Å². The van der Waals surface area contributed by atoms with E-state index in [2.05, 4.69) is 15.6 Å². The van der Waals surface area contributed by atoms with Gasteiger partial charge in [0.2, 0.25) is 5.91 Å². The molecular formula is C38H40N4O6. The molecule has 7 rings (SSSR count). The van der Waals surface area contributed by atoms with Crippen molar-refractivity contribution in [2.24, 2.45) is 0 Å². The number of nitrogens with one attached hydrogen (secondary N) is 2. The van der Waals surface area contributed by atoms with Crippen LogP contribution in [0, 0.1) is 0 Å². The van der Waals surface area contributed by atoms with Crippen LogP contribution < -0.4 is 10.6 Å². The Kier molecular flexibility index (Phi) is 8.61. The predicted octanol–water partition coefficient (Wildman–Crippen LogP) is 5.94. The van der Waals surface area contributed by atoms with Crippen molar-refractivity contribution in [3.05, 3.63) is 89.3 Å². The molecule has 10 heteroatoms. The molecule has 0 spiro atoms. The first-order valence-corrected chi connectivity index (χ1v) is 16.9. The number of fused-ring (bicyclic) bond motifs is 5. The van der Waals surface area contributed by atoms with Gasteiger partial charge in [0, 0.05) is 40.0 Å². The molecule has 2 amide bonds. The minimum atomic E-state index is -1.14. The number of hydrogen-bond donors (Lipinski definition) is 5. The van der Waals surface area contributed by atoms with Gasteiger partial charge in [-0.15, -0.1) is 0 Å². The number of carbonyl (C=O) groups excluding carboxylic acids is 2. The largest absolute Gasteiger partial charge is 0.478 e. The second-order valence-corrected chi connectivity index (χ2v) is 13.4. The molecule has 0 bridgehead atoms. The number of pyridine rings is 1. The molecule has 248 valence electrons. The van der Waals surface area contributed by atoms with E-state index < -0.39 is 23.7 Å². The fourth-order valence-electron chi connectivity index (χ4n) is 7.90. The normalized spacial score (nSPS) is 20.6. The lowest BCUT2D eigenvalue weighted by molar-refractivity contribution is -0.131. The minimum Gasteiger partial charge on any atom is -0.478 e. The molecular weight excluding hydrogens is 608 g/mol. The lowest BCUT2D eigenvalue weighted by atomic mass is 9.81. The molecule has 3 heterocycles. The maximum absolute atomic E-state index is 14.0. The molecule has 1 aliphatic heterocycles. The van der Waals surface area contributed by atoms with Crippen LogP contribution in [0.15, 0.2) is 66.9 Å². The third kappa shape index (κ3) is 5.90. The maximum atomic E-state index is 14.0.